The summed E-state index contributed by atoms with van der Waals surface area (Å²) < 4.78 is -1.44. The maximum atomic E-state index is 3.57. The number of rotatable bonds is 3. The van der Waals surface area contributed by atoms with Crippen molar-refractivity contribution in [2.75, 3.05) is 0 Å². The van der Waals surface area contributed by atoms with Gasteiger partial charge in [-0.3, -0.25) is 0 Å². The van der Waals surface area contributed by atoms with Crippen molar-refractivity contribution in [1.82, 2.24) is 0 Å². The molecule has 2 aromatic rings. The first-order chi connectivity index (χ1) is 8.93. The number of hydrogen-bond acceptors (Lipinski definition) is 1. The fourth-order valence-corrected chi connectivity index (χ4v) is 9.28. The van der Waals surface area contributed by atoms with Gasteiger partial charge < -0.3 is 0 Å². The zero-order valence-electron chi connectivity index (χ0n) is 11.5. The monoisotopic (exact) mass is 354 g/mol. The van der Waals surface area contributed by atoms with E-state index in [1.54, 1.807) is 0 Å². The summed E-state index contributed by atoms with van der Waals surface area (Å²) in [5.74, 6) is 0. The molecular weight excluding hydrogens is 334 g/mol. The van der Waals surface area contributed by atoms with Gasteiger partial charge >= 0.3 is 128 Å². The van der Waals surface area contributed by atoms with Crippen LogP contribution in [0.15, 0.2) is 65.6 Å². The predicted molar refractivity (Wildman–Crippen MR) is 90.8 cm³/mol. The fraction of sp³-hybridized carbons (Fsp3) is 0.250. The molecule has 0 heterocycles. The summed E-state index contributed by atoms with van der Waals surface area (Å²) in [6.45, 7) is 7.00. The van der Waals surface area contributed by atoms with Gasteiger partial charge in [0.05, 0.1) is 0 Å². The third-order valence-corrected chi connectivity index (χ3v) is 16.3. The van der Waals surface area contributed by atoms with E-state index in [1.807, 2.05) is 11.4 Å². The molecule has 3 heteroatoms. The van der Waals surface area contributed by atoms with Gasteiger partial charge in [-0.1, -0.05) is 0 Å². The Morgan fingerprint density at radius 3 is 1.79 bits per heavy atom. The molecule has 0 nitrogen and oxygen atoms in total. The second-order valence-corrected chi connectivity index (χ2v) is 16.3. The van der Waals surface area contributed by atoms with Crippen molar-refractivity contribution in [3.8, 4) is 0 Å². The molecule has 0 radical (unpaired) electrons. The standard InChI is InChI=1S/C16H19PSSe/c1-16(2,3)17(19,14-10-6-4-7-11-14)18-15-12-8-5-9-13-15/h4-13H,1-3H3. The Morgan fingerprint density at radius 2 is 1.32 bits per heavy atom. The minimum absolute atomic E-state index is 0.231. The third-order valence-electron chi connectivity index (χ3n) is 2.96. The summed E-state index contributed by atoms with van der Waals surface area (Å²) in [5.41, 5.74) is 0. The van der Waals surface area contributed by atoms with Crippen molar-refractivity contribution in [3.05, 3.63) is 60.7 Å². The molecule has 0 saturated heterocycles. The SMILES string of the molecule is CC(C)(C)P(=[Se])(Sc1ccccc1)c1ccccc1. The molecule has 0 amide bonds. The van der Waals surface area contributed by atoms with Crippen molar-refractivity contribution in [2.24, 2.45) is 0 Å². The van der Waals surface area contributed by atoms with Gasteiger partial charge in [-0.05, 0) is 0 Å². The quantitative estimate of drug-likeness (QED) is 0.558. The number of benzene rings is 2. The van der Waals surface area contributed by atoms with E-state index in [1.165, 1.54) is 10.2 Å². The van der Waals surface area contributed by atoms with Crippen LogP contribution < -0.4 is 5.30 Å². The second-order valence-electron chi connectivity index (χ2n) is 5.46. The molecule has 2 rings (SSSR count). The third kappa shape index (κ3) is 3.44. The molecular formula is C16H19PSSe. The summed E-state index contributed by atoms with van der Waals surface area (Å²) in [5, 5.41) is 1.67. The van der Waals surface area contributed by atoms with E-state index >= 15 is 0 Å². The van der Waals surface area contributed by atoms with Gasteiger partial charge in [-0.15, -0.1) is 0 Å². The van der Waals surface area contributed by atoms with E-state index in [9.17, 15) is 0 Å². The van der Waals surface area contributed by atoms with Gasteiger partial charge in [-0.25, -0.2) is 0 Å². The van der Waals surface area contributed by atoms with Crippen LogP contribution in [0.1, 0.15) is 20.8 Å². The molecule has 0 spiro atoms. The average Bonchev–Trinajstić information content (AvgIpc) is 2.39. The Bertz CT molecular complexity index is 573. The van der Waals surface area contributed by atoms with Crippen LogP contribution in [-0.2, 0) is 0 Å². The second kappa shape index (κ2) is 6.02. The predicted octanol–water partition coefficient (Wildman–Crippen LogP) is 4.92. The zero-order valence-corrected chi connectivity index (χ0v) is 15.0. The first kappa shape index (κ1) is 15.1. The Hall–Kier alpha value is -0.261. The summed E-state index contributed by atoms with van der Waals surface area (Å²) in [6, 6.07) is 21.6. The summed E-state index contributed by atoms with van der Waals surface area (Å²) >= 11 is 5.58. The maximum absolute atomic E-state index is 3.57. The molecule has 0 aromatic heterocycles. The van der Waals surface area contributed by atoms with Crippen molar-refractivity contribution in [1.29, 1.82) is 0 Å². The van der Waals surface area contributed by atoms with Crippen molar-refractivity contribution in [3.63, 3.8) is 0 Å². The Labute approximate surface area is 128 Å². The zero-order chi connectivity index (χ0) is 13.9. The molecule has 0 aliphatic carbocycles. The Kier molecular flexibility index (Phi) is 4.79. The van der Waals surface area contributed by atoms with E-state index in [4.69, 9.17) is 0 Å². The van der Waals surface area contributed by atoms with E-state index in [2.05, 4.69) is 96.5 Å². The van der Waals surface area contributed by atoms with Crippen molar-refractivity contribution >= 4 is 36.5 Å². The molecule has 19 heavy (non-hydrogen) atoms. The molecule has 0 aliphatic heterocycles. The molecule has 0 aliphatic rings. The topological polar surface area (TPSA) is 0 Å². The minimum atomic E-state index is -1.44. The molecule has 100 valence electrons. The van der Waals surface area contributed by atoms with E-state index in [0.717, 1.165) is 0 Å². The molecule has 0 saturated carbocycles. The van der Waals surface area contributed by atoms with Crippen LogP contribution in [0, 0.1) is 0 Å². The number of hydrogen-bond donors (Lipinski definition) is 0. The molecule has 1 unspecified atom stereocenters. The Morgan fingerprint density at radius 1 is 0.842 bits per heavy atom. The first-order valence-corrected chi connectivity index (χ1v) is 11.8. The first-order valence-electron chi connectivity index (χ1n) is 6.34. The Balaban J connectivity index is 2.46. The van der Waals surface area contributed by atoms with Crippen LogP contribution in [-0.4, -0.2) is 20.3 Å². The van der Waals surface area contributed by atoms with E-state index < -0.39 is 4.71 Å². The van der Waals surface area contributed by atoms with Gasteiger partial charge in [-0.2, -0.15) is 0 Å². The van der Waals surface area contributed by atoms with Gasteiger partial charge in [0.15, 0.2) is 0 Å². The van der Waals surface area contributed by atoms with Crippen molar-refractivity contribution < 1.29 is 0 Å². The van der Waals surface area contributed by atoms with Crippen LogP contribution in [0.25, 0.3) is 0 Å². The summed E-state index contributed by atoms with van der Waals surface area (Å²) in [4.78, 5) is 1.34. The van der Waals surface area contributed by atoms with Crippen molar-refractivity contribution in [2.45, 2.75) is 30.8 Å². The molecule has 0 bridgehead atoms. The normalized spacial score (nSPS) is 14.9. The van der Waals surface area contributed by atoms with Gasteiger partial charge in [0, 0.05) is 0 Å². The molecule has 2 aromatic carbocycles. The molecule has 1 atom stereocenters. The average molecular weight is 353 g/mol. The summed E-state index contributed by atoms with van der Waals surface area (Å²) in [7, 11) is 0. The van der Waals surface area contributed by atoms with E-state index in [0.29, 0.717) is 0 Å². The fourth-order valence-electron chi connectivity index (χ4n) is 1.83. The molecule has 0 fully saturated rings. The van der Waals surface area contributed by atoms with Crippen LogP contribution in [0.2, 0.25) is 0 Å². The van der Waals surface area contributed by atoms with Crippen LogP contribution >= 0.6 is 16.1 Å². The van der Waals surface area contributed by atoms with E-state index in [-0.39, 0.29) is 5.16 Å². The van der Waals surface area contributed by atoms with Crippen LogP contribution in [0.5, 0.6) is 0 Å². The van der Waals surface area contributed by atoms with Gasteiger partial charge in [0.25, 0.3) is 0 Å². The van der Waals surface area contributed by atoms with Crippen LogP contribution in [0.4, 0.5) is 0 Å². The summed E-state index contributed by atoms with van der Waals surface area (Å²) in [6.07, 6.45) is 0. The van der Waals surface area contributed by atoms with Crippen LogP contribution in [0.3, 0.4) is 0 Å². The van der Waals surface area contributed by atoms with Gasteiger partial charge in [0.2, 0.25) is 0 Å². The van der Waals surface area contributed by atoms with Gasteiger partial charge in [0.1, 0.15) is 0 Å². The molecule has 0 N–H and O–H groups in total.